The van der Waals surface area contributed by atoms with Crippen LogP contribution in [0.4, 0.5) is 5.69 Å². The molecule has 2 bridgehead atoms. The number of ketones is 1. The highest BCUT2D eigenvalue weighted by Gasteiger charge is 2.46. The summed E-state index contributed by atoms with van der Waals surface area (Å²) in [7, 11) is 1.62. The van der Waals surface area contributed by atoms with E-state index in [1.54, 1.807) is 7.11 Å². The Bertz CT molecular complexity index is 602. The number of Topliss-reactive ketones (excluding diaryl/α,β-unsaturated/α-hetero) is 1. The minimum absolute atomic E-state index is 0.0713. The number of anilines is 1. The number of methoxy groups -OCH3 is 1. The number of benzene rings is 1. The van der Waals surface area contributed by atoms with Crippen LogP contribution in [-0.2, 0) is 4.79 Å². The number of piperidine rings is 2. The maximum absolute atomic E-state index is 12.4. The predicted molar refractivity (Wildman–Crippen MR) is 89.8 cm³/mol. The second-order valence-corrected chi connectivity index (χ2v) is 6.36. The molecule has 1 aromatic carbocycles. The van der Waals surface area contributed by atoms with Crippen LogP contribution in [-0.4, -0.2) is 37.0 Å². The zero-order valence-corrected chi connectivity index (χ0v) is 14.2. The van der Waals surface area contributed by atoms with Crippen molar-refractivity contribution >= 4 is 11.5 Å². The van der Waals surface area contributed by atoms with Crippen molar-refractivity contribution in [1.29, 1.82) is 0 Å². The summed E-state index contributed by atoms with van der Waals surface area (Å²) in [5.41, 5.74) is 7.84. The summed E-state index contributed by atoms with van der Waals surface area (Å²) in [4.78, 5) is 14.8. The van der Waals surface area contributed by atoms with E-state index in [1.807, 2.05) is 19.1 Å². The van der Waals surface area contributed by atoms with E-state index in [2.05, 4.69) is 11.8 Å². The number of hydrogen-bond acceptors (Lipinski definition) is 5. The highest BCUT2D eigenvalue weighted by Crippen LogP contribution is 2.48. The quantitative estimate of drug-likeness (QED) is 0.846. The van der Waals surface area contributed by atoms with Gasteiger partial charge in [-0.2, -0.15) is 0 Å². The van der Waals surface area contributed by atoms with E-state index in [1.165, 1.54) is 0 Å². The van der Waals surface area contributed by atoms with Crippen molar-refractivity contribution in [2.24, 2.45) is 5.92 Å². The molecule has 2 N–H and O–H groups in total. The van der Waals surface area contributed by atoms with Crippen molar-refractivity contribution in [1.82, 2.24) is 4.90 Å². The first-order chi connectivity index (χ1) is 11.1. The number of carbonyl (C=O) groups is 1. The van der Waals surface area contributed by atoms with Crippen LogP contribution in [0.25, 0.3) is 0 Å². The van der Waals surface area contributed by atoms with Gasteiger partial charge in [0.1, 0.15) is 5.78 Å². The van der Waals surface area contributed by atoms with Crippen LogP contribution >= 0.6 is 0 Å². The molecule has 5 nitrogen and oxygen atoms in total. The molecule has 2 aliphatic heterocycles. The smallest absolute Gasteiger partial charge is 0.184 e. The number of nitrogens with zero attached hydrogens (tertiary/aromatic N) is 1. The summed E-state index contributed by atoms with van der Waals surface area (Å²) in [6, 6.07) is 4.41. The molecule has 1 saturated carbocycles. The lowest BCUT2D eigenvalue weighted by Crippen LogP contribution is -2.54. The Morgan fingerprint density at radius 2 is 2.09 bits per heavy atom. The lowest BCUT2D eigenvalue weighted by Gasteiger charge is -2.50. The first kappa shape index (κ1) is 16.1. The van der Waals surface area contributed by atoms with Gasteiger partial charge in [-0.15, -0.1) is 0 Å². The molecular weight excluding hydrogens is 292 g/mol. The summed E-state index contributed by atoms with van der Waals surface area (Å²) in [5.74, 6) is 1.70. The zero-order valence-electron chi connectivity index (χ0n) is 14.2. The Morgan fingerprint density at radius 1 is 1.30 bits per heavy atom. The molecule has 3 atom stereocenters. The molecule has 0 amide bonds. The van der Waals surface area contributed by atoms with Gasteiger partial charge in [0.2, 0.25) is 0 Å². The van der Waals surface area contributed by atoms with Gasteiger partial charge in [0, 0.05) is 24.4 Å². The van der Waals surface area contributed by atoms with E-state index < -0.39 is 0 Å². The van der Waals surface area contributed by atoms with Gasteiger partial charge in [-0.1, -0.05) is 6.92 Å². The predicted octanol–water partition coefficient (Wildman–Crippen LogP) is 2.79. The molecule has 3 unspecified atom stereocenters. The third kappa shape index (κ3) is 2.67. The minimum atomic E-state index is 0.0713. The number of hydrogen-bond donors (Lipinski definition) is 1. The number of fused-ring (bicyclic) bond motifs is 3. The van der Waals surface area contributed by atoms with Gasteiger partial charge in [0.15, 0.2) is 11.5 Å². The molecule has 0 radical (unpaired) electrons. The van der Waals surface area contributed by atoms with E-state index in [4.69, 9.17) is 15.2 Å². The molecule has 5 heteroatoms. The van der Waals surface area contributed by atoms with Crippen LogP contribution in [0.5, 0.6) is 11.5 Å². The van der Waals surface area contributed by atoms with E-state index >= 15 is 0 Å². The highest BCUT2D eigenvalue weighted by molar-refractivity contribution is 5.84. The summed E-state index contributed by atoms with van der Waals surface area (Å²) in [6.07, 6.45) is 2.78. The SMILES string of the molecule is CCOc1c(N)cc(C2C3CCC(CC3=O)N2CC)cc1OC. The third-order valence-electron chi connectivity index (χ3n) is 5.19. The Hall–Kier alpha value is -1.75. The molecule has 2 heterocycles. The first-order valence-corrected chi connectivity index (χ1v) is 8.49. The zero-order chi connectivity index (χ0) is 16.6. The van der Waals surface area contributed by atoms with Crippen LogP contribution in [0.3, 0.4) is 0 Å². The Kier molecular flexibility index (Phi) is 4.48. The number of carbonyl (C=O) groups excluding carboxylic acids is 1. The fourth-order valence-electron chi connectivity index (χ4n) is 4.24. The van der Waals surface area contributed by atoms with Gasteiger partial charge < -0.3 is 15.2 Å². The largest absolute Gasteiger partial charge is 0.493 e. The summed E-state index contributed by atoms with van der Waals surface area (Å²) in [6.45, 7) is 5.56. The summed E-state index contributed by atoms with van der Waals surface area (Å²) >= 11 is 0. The minimum Gasteiger partial charge on any atom is -0.493 e. The normalized spacial score (nSPS) is 27.3. The molecule has 126 valence electrons. The van der Waals surface area contributed by atoms with E-state index in [0.29, 0.717) is 42.0 Å². The van der Waals surface area contributed by atoms with Crippen LogP contribution < -0.4 is 15.2 Å². The number of nitrogens with two attached hydrogens (primary N) is 1. The maximum Gasteiger partial charge on any atom is 0.184 e. The summed E-state index contributed by atoms with van der Waals surface area (Å²) < 4.78 is 11.1. The van der Waals surface area contributed by atoms with Crippen LogP contribution in [0.1, 0.15) is 44.7 Å². The molecule has 23 heavy (non-hydrogen) atoms. The number of rotatable bonds is 5. The standard InChI is InChI=1S/C18H26N2O3/c1-4-20-12-6-7-13(15(21)10-12)17(20)11-8-14(19)18(23-5-2)16(9-11)22-3/h8-9,12-13,17H,4-7,10,19H2,1-3H3. The van der Waals surface area contributed by atoms with Gasteiger partial charge in [-0.25, -0.2) is 0 Å². The number of nitrogen functional groups attached to an aromatic ring is 1. The van der Waals surface area contributed by atoms with Crippen molar-refractivity contribution in [2.45, 2.75) is 45.2 Å². The fourth-order valence-corrected chi connectivity index (χ4v) is 4.24. The van der Waals surface area contributed by atoms with E-state index in [9.17, 15) is 4.79 Å². The van der Waals surface area contributed by atoms with Gasteiger partial charge in [0.05, 0.1) is 19.4 Å². The van der Waals surface area contributed by atoms with E-state index in [0.717, 1.165) is 24.9 Å². The Morgan fingerprint density at radius 3 is 2.70 bits per heavy atom. The van der Waals surface area contributed by atoms with Crippen molar-refractivity contribution in [3.63, 3.8) is 0 Å². The topological polar surface area (TPSA) is 64.8 Å². The average Bonchev–Trinajstić information content (AvgIpc) is 2.56. The van der Waals surface area contributed by atoms with Crippen molar-refractivity contribution in [2.75, 3.05) is 26.0 Å². The number of ether oxygens (including phenoxy) is 2. The second kappa shape index (κ2) is 6.40. The molecule has 4 rings (SSSR count). The van der Waals surface area contributed by atoms with E-state index in [-0.39, 0.29) is 12.0 Å². The molecule has 0 aromatic heterocycles. The van der Waals surface area contributed by atoms with Gasteiger partial charge in [0.25, 0.3) is 0 Å². The maximum atomic E-state index is 12.4. The lowest BCUT2D eigenvalue weighted by atomic mass is 9.71. The fraction of sp³-hybridized carbons (Fsp3) is 0.611. The molecule has 3 fully saturated rings. The monoisotopic (exact) mass is 318 g/mol. The third-order valence-corrected chi connectivity index (χ3v) is 5.19. The van der Waals surface area contributed by atoms with Crippen molar-refractivity contribution < 1.29 is 14.3 Å². The van der Waals surface area contributed by atoms with Gasteiger partial charge >= 0.3 is 0 Å². The van der Waals surface area contributed by atoms with Crippen molar-refractivity contribution in [3.8, 4) is 11.5 Å². The summed E-state index contributed by atoms with van der Waals surface area (Å²) in [5, 5.41) is 0. The highest BCUT2D eigenvalue weighted by atomic mass is 16.5. The molecule has 1 aromatic rings. The molecule has 3 aliphatic rings. The lowest BCUT2D eigenvalue weighted by molar-refractivity contribution is -0.137. The van der Waals surface area contributed by atoms with Crippen molar-refractivity contribution in [3.05, 3.63) is 17.7 Å². The van der Waals surface area contributed by atoms with Gasteiger partial charge in [-0.3, -0.25) is 9.69 Å². The average molecular weight is 318 g/mol. The van der Waals surface area contributed by atoms with Gasteiger partial charge in [-0.05, 0) is 44.0 Å². The molecule has 2 saturated heterocycles. The Balaban J connectivity index is 2.03. The van der Waals surface area contributed by atoms with Crippen LogP contribution in [0.15, 0.2) is 12.1 Å². The Labute approximate surface area is 137 Å². The van der Waals surface area contributed by atoms with Crippen LogP contribution in [0.2, 0.25) is 0 Å². The second-order valence-electron chi connectivity index (χ2n) is 6.36. The molecular formula is C18H26N2O3. The molecule has 0 spiro atoms. The molecule has 1 aliphatic carbocycles. The van der Waals surface area contributed by atoms with Crippen LogP contribution in [0, 0.1) is 5.92 Å². The first-order valence-electron chi connectivity index (χ1n) is 8.49.